The fourth-order valence-electron chi connectivity index (χ4n) is 3.32. The lowest BCUT2D eigenvalue weighted by Gasteiger charge is -2.41. The second-order valence-corrected chi connectivity index (χ2v) is 6.12. The molecule has 2 atom stereocenters. The summed E-state index contributed by atoms with van der Waals surface area (Å²) in [5.41, 5.74) is 0.613. The molecule has 2 amide bonds. The van der Waals surface area contributed by atoms with Crippen molar-refractivity contribution in [1.29, 1.82) is 0 Å². The summed E-state index contributed by atoms with van der Waals surface area (Å²) < 4.78 is 10.6. The van der Waals surface area contributed by atoms with Crippen molar-refractivity contribution < 1.29 is 19.1 Å². The van der Waals surface area contributed by atoms with Gasteiger partial charge in [0.25, 0.3) is 5.91 Å². The summed E-state index contributed by atoms with van der Waals surface area (Å²) in [5, 5.41) is 0. The standard InChI is InChI=1S/C17H22N2O4/c1-18-15-9-19(7-6-13(15)10-23-11-16(18)20)17(21)12-4-3-5-14(8-12)22-2/h3-5,8,13,15H,6-7,9-11H2,1-2H3/t13-,15-/m0/s1. The van der Waals surface area contributed by atoms with Crippen LogP contribution in [0, 0.1) is 5.92 Å². The highest BCUT2D eigenvalue weighted by atomic mass is 16.5. The average molecular weight is 318 g/mol. The molecular formula is C17H22N2O4. The molecule has 6 nitrogen and oxygen atoms in total. The van der Waals surface area contributed by atoms with Crippen molar-refractivity contribution in [3.05, 3.63) is 29.8 Å². The third-order valence-electron chi connectivity index (χ3n) is 4.77. The van der Waals surface area contributed by atoms with Crippen LogP contribution in [0.3, 0.4) is 0 Å². The monoisotopic (exact) mass is 318 g/mol. The quantitative estimate of drug-likeness (QED) is 0.817. The maximum atomic E-state index is 12.8. The number of carbonyl (C=O) groups is 2. The molecule has 23 heavy (non-hydrogen) atoms. The van der Waals surface area contributed by atoms with Gasteiger partial charge in [-0.3, -0.25) is 9.59 Å². The molecule has 0 aromatic heterocycles. The minimum absolute atomic E-state index is 0.0200. The van der Waals surface area contributed by atoms with Crippen LogP contribution in [-0.2, 0) is 9.53 Å². The third kappa shape index (κ3) is 3.17. The van der Waals surface area contributed by atoms with E-state index >= 15 is 0 Å². The maximum Gasteiger partial charge on any atom is 0.254 e. The zero-order valence-corrected chi connectivity index (χ0v) is 13.5. The lowest BCUT2D eigenvalue weighted by molar-refractivity contribution is -0.134. The van der Waals surface area contributed by atoms with Gasteiger partial charge >= 0.3 is 0 Å². The van der Waals surface area contributed by atoms with Gasteiger partial charge in [-0.2, -0.15) is 0 Å². The van der Waals surface area contributed by atoms with E-state index in [2.05, 4.69) is 0 Å². The molecule has 0 saturated carbocycles. The summed E-state index contributed by atoms with van der Waals surface area (Å²) in [7, 11) is 3.38. The van der Waals surface area contributed by atoms with Crippen LogP contribution >= 0.6 is 0 Å². The molecule has 2 aliphatic heterocycles. The van der Waals surface area contributed by atoms with E-state index < -0.39 is 0 Å². The van der Waals surface area contributed by atoms with Crippen molar-refractivity contribution in [3.63, 3.8) is 0 Å². The van der Waals surface area contributed by atoms with Gasteiger partial charge in [0.2, 0.25) is 5.91 Å². The summed E-state index contributed by atoms with van der Waals surface area (Å²) >= 11 is 0. The Bertz CT molecular complexity index is 604. The Kier molecular flexibility index (Phi) is 4.52. The van der Waals surface area contributed by atoms with Crippen LogP contribution in [0.5, 0.6) is 5.75 Å². The van der Waals surface area contributed by atoms with E-state index in [0.717, 1.165) is 6.42 Å². The van der Waals surface area contributed by atoms with Crippen molar-refractivity contribution in [2.24, 2.45) is 5.92 Å². The number of hydrogen-bond donors (Lipinski definition) is 0. The Labute approximate surface area is 136 Å². The van der Waals surface area contributed by atoms with Gasteiger partial charge < -0.3 is 19.3 Å². The van der Waals surface area contributed by atoms with Gasteiger partial charge in [-0.05, 0) is 24.6 Å². The summed E-state index contributed by atoms with van der Waals surface area (Å²) in [6, 6.07) is 7.20. The fourth-order valence-corrected chi connectivity index (χ4v) is 3.32. The van der Waals surface area contributed by atoms with E-state index in [-0.39, 0.29) is 24.5 Å². The molecule has 0 N–H and O–H groups in total. The van der Waals surface area contributed by atoms with Crippen LogP contribution < -0.4 is 4.74 Å². The van der Waals surface area contributed by atoms with Gasteiger partial charge in [0.15, 0.2) is 0 Å². The van der Waals surface area contributed by atoms with E-state index in [4.69, 9.17) is 9.47 Å². The fraction of sp³-hybridized carbons (Fsp3) is 0.529. The zero-order chi connectivity index (χ0) is 16.4. The second kappa shape index (κ2) is 6.58. The minimum atomic E-state index is -0.0202. The lowest BCUT2D eigenvalue weighted by atomic mass is 9.91. The van der Waals surface area contributed by atoms with Crippen molar-refractivity contribution >= 4 is 11.8 Å². The number of likely N-dealkylation sites (tertiary alicyclic amines) is 1. The maximum absolute atomic E-state index is 12.8. The second-order valence-electron chi connectivity index (χ2n) is 6.12. The van der Waals surface area contributed by atoms with Crippen molar-refractivity contribution in [2.75, 3.05) is 40.5 Å². The van der Waals surface area contributed by atoms with Gasteiger partial charge in [-0.1, -0.05) is 6.07 Å². The number of ether oxygens (including phenoxy) is 2. The molecule has 0 aliphatic carbocycles. The average Bonchev–Trinajstić information content (AvgIpc) is 2.73. The van der Waals surface area contributed by atoms with Crippen molar-refractivity contribution in [3.8, 4) is 5.75 Å². The molecule has 2 fully saturated rings. The van der Waals surface area contributed by atoms with E-state index in [9.17, 15) is 9.59 Å². The highest BCUT2D eigenvalue weighted by Gasteiger charge is 2.37. The first-order valence-corrected chi connectivity index (χ1v) is 7.87. The summed E-state index contributed by atoms with van der Waals surface area (Å²) in [6.07, 6.45) is 0.845. The smallest absolute Gasteiger partial charge is 0.254 e. The largest absolute Gasteiger partial charge is 0.497 e. The Morgan fingerprint density at radius 1 is 1.39 bits per heavy atom. The first kappa shape index (κ1) is 15.8. The van der Waals surface area contributed by atoms with E-state index in [0.29, 0.717) is 36.9 Å². The molecule has 0 bridgehead atoms. The summed E-state index contributed by atoms with van der Waals surface area (Å²) in [5.74, 6) is 0.920. The van der Waals surface area contributed by atoms with E-state index in [1.165, 1.54) is 0 Å². The predicted octanol–water partition coefficient (Wildman–Crippen LogP) is 1.01. The van der Waals surface area contributed by atoms with Crippen LogP contribution in [0.25, 0.3) is 0 Å². The first-order chi connectivity index (χ1) is 11.1. The van der Waals surface area contributed by atoms with Crippen LogP contribution in [-0.4, -0.2) is 68.1 Å². The number of hydrogen-bond acceptors (Lipinski definition) is 4. The lowest BCUT2D eigenvalue weighted by Crippen LogP contribution is -2.54. The SMILES string of the molecule is COc1cccc(C(=O)N2CC[C@H]3COCC(=O)N(C)[C@H]3C2)c1. The van der Waals surface area contributed by atoms with E-state index in [1.807, 2.05) is 17.0 Å². The molecular weight excluding hydrogens is 296 g/mol. The Morgan fingerprint density at radius 3 is 3.00 bits per heavy atom. The molecule has 3 rings (SSSR count). The van der Waals surface area contributed by atoms with Gasteiger partial charge in [0.1, 0.15) is 12.4 Å². The zero-order valence-electron chi connectivity index (χ0n) is 13.5. The highest BCUT2D eigenvalue weighted by molar-refractivity contribution is 5.94. The number of rotatable bonds is 2. The number of carbonyl (C=O) groups excluding carboxylic acids is 2. The molecule has 2 aliphatic rings. The molecule has 1 aromatic carbocycles. The number of likely N-dealkylation sites (N-methyl/N-ethyl adjacent to an activating group) is 1. The van der Waals surface area contributed by atoms with Gasteiger partial charge in [-0.15, -0.1) is 0 Å². The molecule has 6 heteroatoms. The van der Waals surface area contributed by atoms with Crippen LogP contribution in [0.4, 0.5) is 0 Å². The Hall–Kier alpha value is -2.08. The number of nitrogens with zero attached hydrogens (tertiary/aromatic N) is 2. The van der Waals surface area contributed by atoms with Crippen molar-refractivity contribution in [2.45, 2.75) is 12.5 Å². The van der Waals surface area contributed by atoms with Gasteiger partial charge in [0, 0.05) is 31.6 Å². The number of methoxy groups -OCH3 is 1. The minimum Gasteiger partial charge on any atom is -0.497 e. The molecule has 0 radical (unpaired) electrons. The predicted molar refractivity (Wildman–Crippen MR) is 84.4 cm³/mol. The molecule has 0 unspecified atom stereocenters. The molecule has 0 spiro atoms. The van der Waals surface area contributed by atoms with Gasteiger partial charge in [-0.25, -0.2) is 0 Å². The molecule has 1 aromatic rings. The Balaban J connectivity index is 1.76. The number of amides is 2. The third-order valence-corrected chi connectivity index (χ3v) is 4.77. The summed E-state index contributed by atoms with van der Waals surface area (Å²) in [4.78, 5) is 28.3. The molecule has 2 saturated heterocycles. The number of benzene rings is 1. The van der Waals surface area contributed by atoms with E-state index in [1.54, 1.807) is 31.2 Å². The molecule has 124 valence electrons. The topological polar surface area (TPSA) is 59.1 Å². The summed E-state index contributed by atoms with van der Waals surface area (Å²) in [6.45, 7) is 1.95. The number of piperidine rings is 1. The van der Waals surface area contributed by atoms with Crippen LogP contribution in [0.1, 0.15) is 16.8 Å². The van der Waals surface area contributed by atoms with Crippen LogP contribution in [0.2, 0.25) is 0 Å². The normalized spacial score (nSPS) is 24.9. The first-order valence-electron chi connectivity index (χ1n) is 7.87. The Morgan fingerprint density at radius 2 is 2.22 bits per heavy atom. The van der Waals surface area contributed by atoms with Crippen LogP contribution in [0.15, 0.2) is 24.3 Å². The van der Waals surface area contributed by atoms with Crippen molar-refractivity contribution in [1.82, 2.24) is 9.80 Å². The highest BCUT2D eigenvalue weighted by Crippen LogP contribution is 2.26. The molecule has 2 heterocycles. The van der Waals surface area contributed by atoms with Gasteiger partial charge in [0.05, 0.1) is 19.8 Å². The number of fused-ring (bicyclic) bond motifs is 1.